The predicted molar refractivity (Wildman–Crippen MR) is 80.9 cm³/mol. The molecule has 0 unspecified atom stereocenters. The number of thiazole rings is 1. The first kappa shape index (κ1) is 13.1. The minimum Gasteiger partial charge on any atom is -0.497 e. The van der Waals surface area contributed by atoms with Gasteiger partial charge in [0.1, 0.15) is 11.6 Å². The van der Waals surface area contributed by atoms with E-state index in [9.17, 15) is 4.39 Å². The zero-order valence-electron chi connectivity index (χ0n) is 10.5. The van der Waals surface area contributed by atoms with E-state index in [-0.39, 0.29) is 5.82 Å². The van der Waals surface area contributed by atoms with Crippen molar-refractivity contribution >= 4 is 44.0 Å². The maximum Gasteiger partial charge on any atom is 0.188 e. The van der Waals surface area contributed by atoms with Crippen LogP contribution in [0, 0.1) is 5.82 Å². The van der Waals surface area contributed by atoms with Gasteiger partial charge in [-0.25, -0.2) is 9.37 Å². The average Bonchev–Trinajstić information content (AvgIpc) is 2.82. The summed E-state index contributed by atoms with van der Waals surface area (Å²) in [5.74, 6) is 0.223. The normalized spacial score (nSPS) is 10.8. The molecule has 102 valence electrons. The Bertz CT molecular complexity index is 775. The van der Waals surface area contributed by atoms with Crippen LogP contribution in [0.25, 0.3) is 10.2 Å². The second-order valence-electron chi connectivity index (χ2n) is 4.10. The first-order valence-electron chi connectivity index (χ1n) is 5.82. The van der Waals surface area contributed by atoms with Gasteiger partial charge in [0.15, 0.2) is 5.13 Å². The molecular formula is C14H10ClFN2OS. The summed E-state index contributed by atoms with van der Waals surface area (Å²) in [7, 11) is 1.54. The fraction of sp³-hybridized carbons (Fsp3) is 0.0714. The zero-order valence-corrected chi connectivity index (χ0v) is 12.1. The number of methoxy groups -OCH3 is 1. The van der Waals surface area contributed by atoms with Gasteiger partial charge in [-0.2, -0.15) is 0 Å². The smallest absolute Gasteiger partial charge is 0.188 e. The molecule has 0 aliphatic heterocycles. The van der Waals surface area contributed by atoms with E-state index in [2.05, 4.69) is 10.3 Å². The van der Waals surface area contributed by atoms with Gasteiger partial charge in [-0.05, 0) is 30.3 Å². The fourth-order valence-electron chi connectivity index (χ4n) is 1.80. The lowest BCUT2D eigenvalue weighted by Gasteiger charge is -2.06. The van der Waals surface area contributed by atoms with Crippen molar-refractivity contribution in [2.45, 2.75) is 0 Å². The molecule has 0 radical (unpaired) electrons. The number of benzene rings is 2. The van der Waals surface area contributed by atoms with Crippen LogP contribution < -0.4 is 10.1 Å². The van der Waals surface area contributed by atoms with Crippen LogP contribution in [0.4, 0.5) is 15.2 Å². The number of ether oxygens (including phenoxy) is 1. The van der Waals surface area contributed by atoms with Crippen molar-refractivity contribution in [3.63, 3.8) is 0 Å². The van der Waals surface area contributed by atoms with Gasteiger partial charge < -0.3 is 10.1 Å². The van der Waals surface area contributed by atoms with Crippen molar-refractivity contribution < 1.29 is 9.13 Å². The van der Waals surface area contributed by atoms with E-state index in [1.807, 2.05) is 6.07 Å². The van der Waals surface area contributed by atoms with E-state index in [0.29, 0.717) is 21.6 Å². The molecule has 6 heteroatoms. The van der Waals surface area contributed by atoms with Crippen LogP contribution in [0.3, 0.4) is 0 Å². The second kappa shape index (κ2) is 5.26. The monoisotopic (exact) mass is 308 g/mol. The van der Waals surface area contributed by atoms with Crippen LogP contribution in [0.5, 0.6) is 5.75 Å². The minimum absolute atomic E-state index is 0.328. The van der Waals surface area contributed by atoms with Gasteiger partial charge in [-0.15, -0.1) is 0 Å². The molecule has 20 heavy (non-hydrogen) atoms. The van der Waals surface area contributed by atoms with Gasteiger partial charge >= 0.3 is 0 Å². The highest BCUT2D eigenvalue weighted by Gasteiger charge is 2.08. The third-order valence-electron chi connectivity index (χ3n) is 2.76. The van der Waals surface area contributed by atoms with Crippen molar-refractivity contribution in [3.05, 3.63) is 47.2 Å². The molecule has 0 fully saturated rings. The Labute approximate surface area is 124 Å². The van der Waals surface area contributed by atoms with E-state index < -0.39 is 0 Å². The van der Waals surface area contributed by atoms with Gasteiger partial charge in [0.05, 0.1) is 23.0 Å². The number of halogens is 2. The number of anilines is 2. The molecule has 1 N–H and O–H groups in total. The Balaban J connectivity index is 1.96. The maximum absolute atomic E-state index is 13.7. The Morgan fingerprint density at radius 3 is 2.90 bits per heavy atom. The average molecular weight is 309 g/mol. The summed E-state index contributed by atoms with van der Waals surface area (Å²) in [5, 5.41) is 4.20. The van der Waals surface area contributed by atoms with Crippen molar-refractivity contribution in [1.29, 1.82) is 0 Å². The van der Waals surface area contributed by atoms with Crippen LogP contribution in [0.2, 0.25) is 5.02 Å². The number of fused-ring (bicyclic) bond motifs is 1. The van der Waals surface area contributed by atoms with E-state index in [1.165, 1.54) is 24.5 Å². The number of hydrogen-bond acceptors (Lipinski definition) is 4. The molecule has 0 aliphatic rings. The number of hydrogen-bond donors (Lipinski definition) is 1. The molecule has 0 bridgehead atoms. The number of nitrogens with one attached hydrogen (secondary N) is 1. The first-order valence-corrected chi connectivity index (χ1v) is 7.02. The molecule has 3 rings (SSSR count). The molecule has 1 heterocycles. The first-order chi connectivity index (χ1) is 9.65. The van der Waals surface area contributed by atoms with Crippen molar-refractivity contribution in [3.8, 4) is 5.75 Å². The minimum atomic E-state index is -0.358. The molecule has 0 saturated heterocycles. The Kier molecular flexibility index (Phi) is 3.46. The largest absolute Gasteiger partial charge is 0.497 e. The summed E-state index contributed by atoms with van der Waals surface area (Å²) < 4.78 is 19.8. The summed E-state index contributed by atoms with van der Waals surface area (Å²) in [4.78, 5) is 4.38. The Hall–Kier alpha value is -1.85. The lowest BCUT2D eigenvalue weighted by molar-refractivity contribution is 0.414. The van der Waals surface area contributed by atoms with Crippen LogP contribution >= 0.6 is 22.9 Å². The molecular weight excluding hydrogens is 299 g/mol. The summed E-state index contributed by atoms with van der Waals surface area (Å²) in [5.41, 5.74) is 1.11. The number of nitrogens with zero attached hydrogens (tertiary/aromatic N) is 1. The standard InChI is InChI=1S/C14H10ClFN2OS/c1-19-9-3-4-10(16)11(7-9)17-14-18-12-6-8(15)2-5-13(12)20-14/h2-7H,1H3,(H,17,18). The quantitative estimate of drug-likeness (QED) is 0.751. The SMILES string of the molecule is COc1ccc(F)c(Nc2nc3cc(Cl)ccc3s2)c1. The number of rotatable bonds is 3. The molecule has 3 nitrogen and oxygen atoms in total. The molecule has 3 aromatic rings. The maximum atomic E-state index is 13.7. The van der Waals surface area contributed by atoms with E-state index in [1.54, 1.807) is 24.3 Å². The van der Waals surface area contributed by atoms with E-state index in [4.69, 9.17) is 16.3 Å². The Morgan fingerprint density at radius 2 is 2.10 bits per heavy atom. The predicted octanol–water partition coefficient (Wildman–Crippen LogP) is 4.84. The highest BCUT2D eigenvalue weighted by Crippen LogP contribution is 2.31. The lowest BCUT2D eigenvalue weighted by atomic mass is 10.3. The second-order valence-corrected chi connectivity index (χ2v) is 5.57. The third kappa shape index (κ3) is 2.55. The van der Waals surface area contributed by atoms with Crippen molar-refractivity contribution in [2.24, 2.45) is 0 Å². The van der Waals surface area contributed by atoms with Gasteiger partial charge in [0.25, 0.3) is 0 Å². The molecule has 0 aliphatic carbocycles. The zero-order chi connectivity index (χ0) is 14.1. The topological polar surface area (TPSA) is 34.1 Å². The molecule has 1 aromatic heterocycles. The van der Waals surface area contributed by atoms with Crippen LogP contribution in [0.15, 0.2) is 36.4 Å². The summed E-state index contributed by atoms with van der Waals surface area (Å²) in [6, 6.07) is 9.99. The Morgan fingerprint density at radius 1 is 1.25 bits per heavy atom. The third-order valence-corrected chi connectivity index (χ3v) is 3.95. The van der Waals surface area contributed by atoms with Crippen molar-refractivity contribution in [2.75, 3.05) is 12.4 Å². The van der Waals surface area contributed by atoms with Gasteiger partial charge in [0.2, 0.25) is 0 Å². The van der Waals surface area contributed by atoms with Crippen molar-refractivity contribution in [1.82, 2.24) is 4.98 Å². The molecule has 0 amide bonds. The van der Waals surface area contributed by atoms with Crippen LogP contribution in [-0.4, -0.2) is 12.1 Å². The summed E-state index contributed by atoms with van der Waals surface area (Å²) in [6.07, 6.45) is 0. The molecule has 2 aromatic carbocycles. The van der Waals surface area contributed by atoms with Crippen LogP contribution in [-0.2, 0) is 0 Å². The highest BCUT2D eigenvalue weighted by molar-refractivity contribution is 7.22. The van der Waals surface area contributed by atoms with Gasteiger partial charge in [-0.1, -0.05) is 22.9 Å². The fourth-order valence-corrected chi connectivity index (χ4v) is 2.82. The van der Waals surface area contributed by atoms with Crippen LogP contribution in [0.1, 0.15) is 0 Å². The highest BCUT2D eigenvalue weighted by atomic mass is 35.5. The van der Waals surface area contributed by atoms with Gasteiger partial charge in [0, 0.05) is 11.1 Å². The lowest BCUT2D eigenvalue weighted by Crippen LogP contribution is -1.94. The van der Waals surface area contributed by atoms with E-state index in [0.717, 1.165) is 10.2 Å². The summed E-state index contributed by atoms with van der Waals surface area (Å²) >= 11 is 7.36. The number of aromatic nitrogens is 1. The van der Waals surface area contributed by atoms with E-state index >= 15 is 0 Å². The molecule has 0 atom stereocenters. The van der Waals surface area contributed by atoms with Gasteiger partial charge in [-0.3, -0.25) is 0 Å². The molecule has 0 saturated carbocycles. The molecule has 0 spiro atoms. The summed E-state index contributed by atoms with van der Waals surface area (Å²) in [6.45, 7) is 0.